The monoisotopic (exact) mass is 556 g/mol. The molecule has 11 rings (SSSR count). The minimum Gasteiger partial charge on any atom is -0.308 e. The van der Waals surface area contributed by atoms with Gasteiger partial charge < -0.3 is 8.80 Å². The van der Waals surface area contributed by atoms with Crippen molar-refractivity contribution in [1.82, 2.24) is 8.80 Å². The second-order valence-electron chi connectivity index (χ2n) is 12.1. The summed E-state index contributed by atoms with van der Waals surface area (Å²) >= 11 is 0. The highest BCUT2D eigenvalue weighted by molar-refractivity contribution is 6.28. The molecule has 0 atom stereocenters. The van der Waals surface area contributed by atoms with Crippen LogP contribution in [0, 0.1) is 0 Å². The molecular weight excluding hydrogens is 532 g/mol. The van der Waals surface area contributed by atoms with Gasteiger partial charge in [-0.05, 0) is 58.7 Å². The van der Waals surface area contributed by atoms with Crippen LogP contribution in [-0.2, 0) is 0 Å². The molecule has 0 saturated heterocycles. The first-order valence-corrected chi connectivity index (χ1v) is 15.3. The number of para-hydroxylation sites is 3. The average molecular weight is 557 g/mol. The zero-order chi connectivity index (χ0) is 28.5. The van der Waals surface area contributed by atoms with Gasteiger partial charge in [0.1, 0.15) is 0 Å². The third-order valence-electron chi connectivity index (χ3n) is 9.98. The minimum atomic E-state index is 1.25. The lowest BCUT2D eigenvalue weighted by Crippen LogP contribution is -1.83. The molecule has 0 radical (unpaired) electrons. The highest BCUT2D eigenvalue weighted by Gasteiger charge is 2.22. The van der Waals surface area contributed by atoms with Gasteiger partial charge in [0, 0.05) is 43.1 Å². The smallest absolute Gasteiger partial charge is 0.0626 e. The summed E-state index contributed by atoms with van der Waals surface area (Å²) < 4.78 is 4.94. The van der Waals surface area contributed by atoms with Crippen molar-refractivity contribution >= 4 is 76.2 Å². The molecule has 2 nitrogen and oxygen atoms in total. The highest BCUT2D eigenvalue weighted by atomic mass is 14.9. The van der Waals surface area contributed by atoms with Crippen molar-refractivity contribution in [2.75, 3.05) is 0 Å². The quantitative estimate of drug-likeness (QED) is 0.200. The molecule has 0 saturated carbocycles. The Labute approximate surface area is 252 Å². The Morgan fingerprint density at radius 2 is 0.841 bits per heavy atom. The van der Waals surface area contributed by atoms with Crippen LogP contribution in [0.25, 0.3) is 98.4 Å². The van der Waals surface area contributed by atoms with Crippen molar-refractivity contribution in [3.8, 4) is 22.3 Å². The maximum Gasteiger partial charge on any atom is 0.0626 e. The van der Waals surface area contributed by atoms with Crippen molar-refractivity contribution in [3.63, 3.8) is 0 Å². The number of benzene rings is 7. The van der Waals surface area contributed by atoms with E-state index in [1.54, 1.807) is 0 Å². The predicted molar refractivity (Wildman–Crippen MR) is 187 cm³/mol. The van der Waals surface area contributed by atoms with Crippen molar-refractivity contribution < 1.29 is 0 Å². The molecule has 202 valence electrons. The molecule has 0 N–H and O–H groups in total. The number of hydrogen-bond acceptors (Lipinski definition) is 0. The van der Waals surface area contributed by atoms with Crippen LogP contribution in [-0.4, -0.2) is 8.80 Å². The van der Waals surface area contributed by atoms with Crippen LogP contribution in [0.15, 0.2) is 146 Å². The zero-order valence-corrected chi connectivity index (χ0v) is 23.8. The summed E-state index contributed by atoms with van der Waals surface area (Å²) in [6, 6.07) is 53.8. The van der Waals surface area contributed by atoms with Crippen LogP contribution in [0.1, 0.15) is 0 Å². The molecule has 0 unspecified atom stereocenters. The molecule has 44 heavy (non-hydrogen) atoms. The molecule has 0 fully saturated rings. The molecule has 0 bridgehead atoms. The van der Waals surface area contributed by atoms with Gasteiger partial charge in [0.05, 0.1) is 33.1 Å². The molecule has 0 aliphatic carbocycles. The van der Waals surface area contributed by atoms with E-state index >= 15 is 0 Å². The van der Waals surface area contributed by atoms with Crippen LogP contribution in [0.2, 0.25) is 0 Å². The summed E-state index contributed by atoms with van der Waals surface area (Å²) in [5.41, 5.74) is 12.7. The molecular formula is C42H24N2. The second kappa shape index (κ2) is 7.94. The second-order valence-corrected chi connectivity index (χ2v) is 12.1. The van der Waals surface area contributed by atoms with Crippen molar-refractivity contribution in [2.45, 2.75) is 0 Å². The topological polar surface area (TPSA) is 8.82 Å². The van der Waals surface area contributed by atoms with Crippen molar-refractivity contribution in [2.24, 2.45) is 0 Å². The third-order valence-corrected chi connectivity index (χ3v) is 9.98. The Morgan fingerprint density at radius 1 is 0.295 bits per heavy atom. The summed E-state index contributed by atoms with van der Waals surface area (Å²) in [5, 5.41) is 10.5. The lowest BCUT2D eigenvalue weighted by molar-refractivity contribution is 1.37. The Bertz CT molecular complexity index is 2920. The minimum absolute atomic E-state index is 1.25. The number of rotatable bonds is 2. The third kappa shape index (κ3) is 2.68. The van der Waals surface area contributed by atoms with Crippen LogP contribution >= 0.6 is 0 Å². The largest absolute Gasteiger partial charge is 0.308 e. The average Bonchev–Trinajstić information content (AvgIpc) is 3.81. The SMILES string of the molecule is c1ccc(-c2ccc3c(c2)c2ccc(-c4ccc5c(c4)c4cccc6c7ccccc7n5c64)c4c5ccccc5n3c24)cc1. The van der Waals surface area contributed by atoms with Gasteiger partial charge in [0.15, 0.2) is 0 Å². The summed E-state index contributed by atoms with van der Waals surface area (Å²) in [6.07, 6.45) is 0. The van der Waals surface area contributed by atoms with Crippen LogP contribution in [0.4, 0.5) is 0 Å². The lowest BCUT2D eigenvalue weighted by Gasteiger charge is -2.07. The van der Waals surface area contributed by atoms with E-state index in [1.165, 1.54) is 98.4 Å². The standard InChI is InChI=1S/C42H24N2/c1-2-9-25(10-3-1)26-17-21-39-34(23-26)32-20-19-28(40-33-12-5-7-16-37(33)44(39)42(32)40)27-18-22-38-35(24-27)31-14-8-13-30-29-11-4-6-15-36(29)43(38)41(30)31/h1-24H. The Morgan fingerprint density at radius 3 is 1.64 bits per heavy atom. The van der Waals surface area contributed by atoms with Gasteiger partial charge in [-0.15, -0.1) is 0 Å². The molecule has 7 aromatic carbocycles. The van der Waals surface area contributed by atoms with E-state index in [4.69, 9.17) is 0 Å². The van der Waals surface area contributed by atoms with Gasteiger partial charge >= 0.3 is 0 Å². The molecule has 4 heterocycles. The van der Waals surface area contributed by atoms with Gasteiger partial charge in [-0.1, -0.05) is 109 Å². The maximum absolute atomic E-state index is 2.49. The number of hydrogen-bond donors (Lipinski definition) is 0. The Hall–Kier alpha value is -5.86. The van der Waals surface area contributed by atoms with Gasteiger partial charge in [-0.2, -0.15) is 0 Å². The van der Waals surface area contributed by atoms with Crippen LogP contribution in [0.5, 0.6) is 0 Å². The lowest BCUT2D eigenvalue weighted by atomic mass is 9.95. The first-order chi connectivity index (χ1) is 21.8. The van der Waals surface area contributed by atoms with E-state index < -0.39 is 0 Å². The molecule has 11 aromatic rings. The molecule has 0 aliphatic rings. The van der Waals surface area contributed by atoms with E-state index in [2.05, 4.69) is 154 Å². The fraction of sp³-hybridized carbons (Fsp3) is 0. The maximum atomic E-state index is 2.49. The summed E-state index contributed by atoms with van der Waals surface area (Å²) in [7, 11) is 0. The first kappa shape index (κ1) is 22.7. The molecule has 0 amide bonds. The number of nitrogens with zero attached hydrogens (tertiary/aromatic N) is 2. The van der Waals surface area contributed by atoms with Gasteiger partial charge in [-0.3, -0.25) is 0 Å². The summed E-state index contributed by atoms with van der Waals surface area (Å²) in [4.78, 5) is 0. The number of fused-ring (bicyclic) bond motifs is 12. The molecule has 0 aliphatic heterocycles. The van der Waals surface area contributed by atoms with Crippen LogP contribution in [0.3, 0.4) is 0 Å². The van der Waals surface area contributed by atoms with E-state index in [1.807, 2.05) is 0 Å². The highest BCUT2D eigenvalue weighted by Crippen LogP contribution is 2.46. The zero-order valence-electron chi connectivity index (χ0n) is 23.8. The predicted octanol–water partition coefficient (Wildman–Crippen LogP) is 11.3. The van der Waals surface area contributed by atoms with Crippen molar-refractivity contribution in [1.29, 1.82) is 0 Å². The Balaban J connectivity index is 1.23. The summed E-state index contributed by atoms with van der Waals surface area (Å²) in [5.74, 6) is 0. The van der Waals surface area contributed by atoms with Crippen molar-refractivity contribution in [3.05, 3.63) is 146 Å². The Kier molecular flexibility index (Phi) is 4.10. The summed E-state index contributed by atoms with van der Waals surface area (Å²) in [6.45, 7) is 0. The van der Waals surface area contributed by atoms with E-state index in [-0.39, 0.29) is 0 Å². The van der Waals surface area contributed by atoms with Gasteiger partial charge in [0.25, 0.3) is 0 Å². The fourth-order valence-electron chi connectivity index (χ4n) is 8.16. The fourth-order valence-corrected chi connectivity index (χ4v) is 8.16. The van der Waals surface area contributed by atoms with Gasteiger partial charge in [-0.25, -0.2) is 0 Å². The normalized spacial score (nSPS) is 12.5. The van der Waals surface area contributed by atoms with Crippen LogP contribution < -0.4 is 0 Å². The molecule has 4 aromatic heterocycles. The molecule has 0 spiro atoms. The van der Waals surface area contributed by atoms with E-state index in [0.29, 0.717) is 0 Å². The van der Waals surface area contributed by atoms with E-state index in [9.17, 15) is 0 Å². The first-order valence-electron chi connectivity index (χ1n) is 15.3. The van der Waals surface area contributed by atoms with E-state index in [0.717, 1.165) is 0 Å². The number of aromatic nitrogens is 2. The van der Waals surface area contributed by atoms with Gasteiger partial charge in [0.2, 0.25) is 0 Å². The molecule has 2 heteroatoms.